The molecule has 0 fully saturated rings. The van der Waals surface area contributed by atoms with Gasteiger partial charge in [0, 0.05) is 30.1 Å². The second kappa shape index (κ2) is 10.00. The van der Waals surface area contributed by atoms with Crippen LogP contribution in [0.2, 0.25) is 0 Å². The molecule has 148 valence electrons. The van der Waals surface area contributed by atoms with Gasteiger partial charge in [0.2, 0.25) is 5.91 Å². The van der Waals surface area contributed by atoms with Gasteiger partial charge in [0.05, 0.1) is 6.61 Å². The lowest BCUT2D eigenvalue weighted by molar-refractivity contribution is -0.123. The number of hydrogen-bond donors (Lipinski definition) is 3. The van der Waals surface area contributed by atoms with Gasteiger partial charge in [0.25, 0.3) is 0 Å². The summed E-state index contributed by atoms with van der Waals surface area (Å²) in [6, 6.07) is 7.23. The molecule has 0 radical (unpaired) electrons. The molecule has 2 rings (SSSR count). The number of ether oxygens (including phenoxy) is 1. The van der Waals surface area contributed by atoms with E-state index < -0.39 is 12.1 Å². The number of hydrogen-bond acceptors (Lipinski definition) is 3. The first-order valence-electron chi connectivity index (χ1n) is 9.62. The molecule has 1 atom stereocenters. The van der Waals surface area contributed by atoms with Crippen LogP contribution < -0.4 is 10.6 Å². The number of fused-ring (bicyclic) bond motifs is 1. The van der Waals surface area contributed by atoms with Crippen LogP contribution in [0, 0.1) is 11.8 Å². The average Bonchev–Trinajstić information content (AvgIpc) is 3.02. The van der Waals surface area contributed by atoms with Crippen LogP contribution in [0.4, 0.5) is 4.79 Å². The Bertz CT molecular complexity index is 752. The highest BCUT2D eigenvalue weighted by Crippen LogP contribution is 2.19. The third-order valence-corrected chi connectivity index (χ3v) is 4.28. The topological polar surface area (TPSA) is 83.2 Å². The first kappa shape index (κ1) is 20.8. The molecule has 0 unspecified atom stereocenters. The molecule has 1 heterocycles. The van der Waals surface area contributed by atoms with Crippen molar-refractivity contribution >= 4 is 22.9 Å². The van der Waals surface area contributed by atoms with Gasteiger partial charge in [-0.2, -0.15) is 0 Å². The number of alkyl carbamates (subject to hydrolysis) is 1. The number of rotatable bonds is 9. The zero-order chi connectivity index (χ0) is 19.8. The van der Waals surface area contributed by atoms with Crippen molar-refractivity contribution in [3.05, 3.63) is 36.0 Å². The Labute approximate surface area is 161 Å². The highest BCUT2D eigenvalue weighted by Gasteiger charge is 2.23. The first-order valence-corrected chi connectivity index (χ1v) is 9.62. The van der Waals surface area contributed by atoms with Crippen molar-refractivity contribution in [3.63, 3.8) is 0 Å². The Morgan fingerprint density at radius 3 is 2.56 bits per heavy atom. The van der Waals surface area contributed by atoms with E-state index >= 15 is 0 Å². The highest BCUT2D eigenvalue weighted by atomic mass is 16.5. The van der Waals surface area contributed by atoms with Crippen LogP contribution in [0.3, 0.4) is 0 Å². The molecule has 0 spiro atoms. The molecule has 1 aromatic carbocycles. The zero-order valence-corrected chi connectivity index (χ0v) is 16.7. The molecule has 0 aliphatic rings. The maximum atomic E-state index is 12.7. The first-order chi connectivity index (χ1) is 12.9. The molecule has 27 heavy (non-hydrogen) atoms. The molecule has 1 aromatic heterocycles. The fraction of sp³-hybridized carbons (Fsp3) is 0.524. The van der Waals surface area contributed by atoms with E-state index in [9.17, 15) is 9.59 Å². The van der Waals surface area contributed by atoms with Crippen molar-refractivity contribution in [1.82, 2.24) is 15.6 Å². The van der Waals surface area contributed by atoms with Crippen molar-refractivity contribution in [3.8, 4) is 0 Å². The minimum Gasteiger partial charge on any atom is -0.449 e. The van der Waals surface area contributed by atoms with Crippen LogP contribution in [0.15, 0.2) is 30.5 Å². The van der Waals surface area contributed by atoms with E-state index in [0.29, 0.717) is 25.5 Å². The van der Waals surface area contributed by atoms with Gasteiger partial charge in [-0.3, -0.25) is 4.79 Å². The van der Waals surface area contributed by atoms with E-state index in [1.165, 1.54) is 0 Å². The summed E-state index contributed by atoms with van der Waals surface area (Å²) in [6.45, 7) is 9.06. The van der Waals surface area contributed by atoms with Crippen LogP contribution in [0.25, 0.3) is 10.9 Å². The fourth-order valence-corrected chi connectivity index (χ4v) is 2.76. The molecule has 0 saturated heterocycles. The smallest absolute Gasteiger partial charge is 0.407 e. The molecule has 0 aliphatic carbocycles. The summed E-state index contributed by atoms with van der Waals surface area (Å²) in [7, 11) is 0. The predicted octanol–water partition coefficient (Wildman–Crippen LogP) is 3.62. The third-order valence-electron chi connectivity index (χ3n) is 4.28. The lowest BCUT2D eigenvalue weighted by Gasteiger charge is -2.19. The van der Waals surface area contributed by atoms with Crippen LogP contribution in [0.5, 0.6) is 0 Å². The van der Waals surface area contributed by atoms with Crippen molar-refractivity contribution in [1.29, 1.82) is 0 Å². The summed E-state index contributed by atoms with van der Waals surface area (Å²) in [5.74, 6) is 0.548. The second-order valence-electron chi connectivity index (χ2n) is 7.73. The second-order valence-corrected chi connectivity index (χ2v) is 7.73. The van der Waals surface area contributed by atoms with Crippen LogP contribution in [0.1, 0.15) is 39.7 Å². The predicted molar refractivity (Wildman–Crippen MR) is 108 cm³/mol. The van der Waals surface area contributed by atoms with Crippen LogP contribution >= 0.6 is 0 Å². The molecule has 6 heteroatoms. The summed E-state index contributed by atoms with van der Waals surface area (Å²) in [4.78, 5) is 28.0. The van der Waals surface area contributed by atoms with Crippen LogP contribution in [-0.4, -0.2) is 36.2 Å². The number of amides is 2. The molecule has 2 aromatic rings. The van der Waals surface area contributed by atoms with Gasteiger partial charge in [-0.1, -0.05) is 45.9 Å². The van der Waals surface area contributed by atoms with Gasteiger partial charge < -0.3 is 20.4 Å². The number of aromatic nitrogens is 1. The number of para-hydroxylation sites is 1. The van der Waals surface area contributed by atoms with E-state index in [1.54, 1.807) is 0 Å². The maximum Gasteiger partial charge on any atom is 0.407 e. The Morgan fingerprint density at radius 1 is 1.11 bits per heavy atom. The molecule has 0 saturated carbocycles. The fourth-order valence-electron chi connectivity index (χ4n) is 2.76. The van der Waals surface area contributed by atoms with Crippen LogP contribution in [-0.2, 0) is 16.0 Å². The van der Waals surface area contributed by atoms with Gasteiger partial charge in [-0.25, -0.2) is 4.79 Å². The average molecular weight is 373 g/mol. The summed E-state index contributed by atoms with van der Waals surface area (Å²) in [6.07, 6.45) is 2.62. The number of aromatic amines is 1. The lowest BCUT2D eigenvalue weighted by atomic mass is 10.0. The van der Waals surface area contributed by atoms with Gasteiger partial charge in [-0.05, 0) is 29.9 Å². The minimum atomic E-state index is -0.684. The standard InChI is InChI=1S/C21H31N3O3/c1-14(2)9-10-22-20(25)19(24-21(26)27-13-15(3)4)11-16-12-23-18-8-6-5-7-17(16)18/h5-8,12,14-15,19,23H,9-11,13H2,1-4H3,(H,22,25)(H,24,26)/t19-/m0/s1. The number of nitrogens with one attached hydrogen (secondary N) is 3. The molecule has 6 nitrogen and oxygen atoms in total. The normalized spacial score (nSPS) is 12.4. The number of benzene rings is 1. The van der Waals surface area contributed by atoms with Gasteiger partial charge in [0.15, 0.2) is 0 Å². The Morgan fingerprint density at radius 2 is 1.85 bits per heavy atom. The van der Waals surface area contributed by atoms with Crippen molar-refractivity contribution in [2.45, 2.75) is 46.6 Å². The van der Waals surface area contributed by atoms with E-state index in [1.807, 2.05) is 44.3 Å². The Kier molecular flexibility index (Phi) is 7.70. The quantitative estimate of drug-likeness (QED) is 0.628. The summed E-state index contributed by atoms with van der Waals surface area (Å²) in [5, 5.41) is 6.70. The number of H-pyrrole nitrogens is 1. The van der Waals surface area contributed by atoms with E-state index in [0.717, 1.165) is 22.9 Å². The maximum absolute atomic E-state index is 12.7. The summed E-state index contributed by atoms with van der Waals surface area (Å²) >= 11 is 0. The van der Waals surface area contributed by atoms with Crippen molar-refractivity contribution in [2.75, 3.05) is 13.2 Å². The van der Waals surface area contributed by atoms with Gasteiger partial charge in [-0.15, -0.1) is 0 Å². The third kappa shape index (κ3) is 6.62. The Hall–Kier alpha value is -2.50. The highest BCUT2D eigenvalue weighted by molar-refractivity contribution is 5.88. The largest absolute Gasteiger partial charge is 0.449 e. The summed E-state index contributed by atoms with van der Waals surface area (Å²) < 4.78 is 5.20. The molecule has 0 aliphatic heterocycles. The van der Waals surface area contributed by atoms with Gasteiger partial charge in [0.1, 0.15) is 6.04 Å². The van der Waals surface area contributed by atoms with Crippen molar-refractivity contribution < 1.29 is 14.3 Å². The SMILES string of the molecule is CC(C)CCNC(=O)[C@H](Cc1c[nH]c2ccccc12)NC(=O)OCC(C)C. The van der Waals surface area contributed by atoms with E-state index in [2.05, 4.69) is 29.5 Å². The van der Waals surface area contributed by atoms with E-state index in [4.69, 9.17) is 4.74 Å². The van der Waals surface area contributed by atoms with E-state index in [-0.39, 0.29) is 11.8 Å². The summed E-state index contributed by atoms with van der Waals surface area (Å²) in [5.41, 5.74) is 1.99. The number of carbonyl (C=O) groups excluding carboxylic acids is 2. The molecule has 2 amide bonds. The lowest BCUT2D eigenvalue weighted by Crippen LogP contribution is -2.48. The Balaban J connectivity index is 2.08. The molecular weight excluding hydrogens is 342 g/mol. The van der Waals surface area contributed by atoms with Crippen molar-refractivity contribution in [2.24, 2.45) is 11.8 Å². The number of carbonyl (C=O) groups is 2. The monoisotopic (exact) mass is 373 g/mol. The molecule has 3 N–H and O–H groups in total. The van der Waals surface area contributed by atoms with Gasteiger partial charge >= 0.3 is 6.09 Å². The molecule has 0 bridgehead atoms. The molecular formula is C21H31N3O3. The minimum absolute atomic E-state index is 0.192. The zero-order valence-electron chi connectivity index (χ0n) is 16.7.